The van der Waals surface area contributed by atoms with Crippen LogP contribution < -0.4 is 5.32 Å². The van der Waals surface area contributed by atoms with Gasteiger partial charge in [-0.25, -0.2) is 4.79 Å². The summed E-state index contributed by atoms with van der Waals surface area (Å²) in [5.41, 5.74) is 1.52. The number of nitrogens with one attached hydrogen (secondary N) is 1. The Morgan fingerprint density at radius 1 is 1.09 bits per heavy atom. The lowest BCUT2D eigenvalue weighted by molar-refractivity contribution is -0.142. The Hall–Kier alpha value is -2.40. The minimum Gasteiger partial charge on any atom is -0.452 e. The summed E-state index contributed by atoms with van der Waals surface area (Å²) in [6.45, 7) is -0.329. The van der Waals surface area contributed by atoms with Crippen LogP contribution in [0.4, 0.5) is 5.69 Å². The SMILES string of the molecule is O=C(COC(=O)C=Cc1ccccc1)Nc1cccc(Br)c1. The van der Waals surface area contributed by atoms with Crippen molar-refractivity contribution in [1.29, 1.82) is 0 Å². The number of anilines is 1. The second-order valence-corrected chi connectivity index (χ2v) is 5.33. The van der Waals surface area contributed by atoms with E-state index in [0.717, 1.165) is 10.0 Å². The molecule has 0 saturated heterocycles. The Labute approximate surface area is 136 Å². The van der Waals surface area contributed by atoms with Crippen molar-refractivity contribution in [3.63, 3.8) is 0 Å². The second-order valence-electron chi connectivity index (χ2n) is 4.41. The van der Waals surface area contributed by atoms with Crippen LogP contribution in [-0.2, 0) is 14.3 Å². The Morgan fingerprint density at radius 3 is 2.59 bits per heavy atom. The summed E-state index contributed by atoms with van der Waals surface area (Å²) in [5.74, 6) is -0.951. The summed E-state index contributed by atoms with van der Waals surface area (Å²) in [6, 6.07) is 16.5. The molecular formula is C17H14BrNO3. The first-order chi connectivity index (χ1) is 10.6. The number of halogens is 1. The van der Waals surface area contributed by atoms with Crippen molar-refractivity contribution in [3.05, 3.63) is 70.7 Å². The number of hydrogen-bond donors (Lipinski definition) is 1. The Bertz CT molecular complexity index is 683. The van der Waals surface area contributed by atoms with Crippen molar-refractivity contribution >= 4 is 39.6 Å². The summed E-state index contributed by atoms with van der Waals surface area (Å²) in [6.07, 6.45) is 2.93. The van der Waals surface area contributed by atoms with E-state index in [1.54, 1.807) is 24.3 Å². The highest BCUT2D eigenvalue weighted by atomic mass is 79.9. The van der Waals surface area contributed by atoms with Gasteiger partial charge in [-0.15, -0.1) is 0 Å². The Kier molecular flexibility index (Phi) is 5.91. The van der Waals surface area contributed by atoms with Gasteiger partial charge in [0.1, 0.15) is 0 Å². The van der Waals surface area contributed by atoms with E-state index < -0.39 is 5.97 Å². The number of hydrogen-bond acceptors (Lipinski definition) is 3. The van der Waals surface area contributed by atoms with Gasteiger partial charge in [0.05, 0.1) is 0 Å². The summed E-state index contributed by atoms with van der Waals surface area (Å²) in [7, 11) is 0. The van der Waals surface area contributed by atoms with E-state index in [9.17, 15) is 9.59 Å². The van der Waals surface area contributed by atoms with Crippen LogP contribution in [0.25, 0.3) is 6.08 Å². The van der Waals surface area contributed by atoms with E-state index in [1.807, 2.05) is 36.4 Å². The molecule has 0 aliphatic rings. The van der Waals surface area contributed by atoms with Crippen molar-refractivity contribution in [2.45, 2.75) is 0 Å². The van der Waals surface area contributed by atoms with Crippen LogP contribution in [0, 0.1) is 0 Å². The Balaban J connectivity index is 1.78. The van der Waals surface area contributed by atoms with Gasteiger partial charge in [0.2, 0.25) is 0 Å². The molecule has 2 aromatic rings. The summed E-state index contributed by atoms with van der Waals surface area (Å²) in [4.78, 5) is 23.2. The molecule has 2 aromatic carbocycles. The van der Waals surface area contributed by atoms with Gasteiger partial charge in [0, 0.05) is 16.2 Å². The fourth-order valence-electron chi connectivity index (χ4n) is 1.68. The van der Waals surface area contributed by atoms with Gasteiger partial charge in [0.15, 0.2) is 6.61 Å². The molecule has 5 heteroatoms. The lowest BCUT2D eigenvalue weighted by atomic mass is 10.2. The van der Waals surface area contributed by atoms with E-state index >= 15 is 0 Å². The number of rotatable bonds is 5. The van der Waals surface area contributed by atoms with Crippen molar-refractivity contribution in [2.24, 2.45) is 0 Å². The predicted octanol–water partition coefficient (Wildman–Crippen LogP) is 3.64. The maximum absolute atomic E-state index is 11.7. The third-order valence-corrected chi connectivity index (χ3v) is 3.16. The molecule has 0 spiro atoms. The van der Waals surface area contributed by atoms with Gasteiger partial charge in [-0.1, -0.05) is 52.3 Å². The quantitative estimate of drug-likeness (QED) is 0.654. The topological polar surface area (TPSA) is 55.4 Å². The van der Waals surface area contributed by atoms with E-state index in [4.69, 9.17) is 4.74 Å². The van der Waals surface area contributed by atoms with E-state index in [0.29, 0.717) is 5.69 Å². The van der Waals surface area contributed by atoms with Crippen LogP contribution in [0.5, 0.6) is 0 Å². The molecule has 22 heavy (non-hydrogen) atoms. The lowest BCUT2D eigenvalue weighted by Crippen LogP contribution is -2.20. The molecule has 0 bridgehead atoms. The predicted molar refractivity (Wildman–Crippen MR) is 89.2 cm³/mol. The molecule has 1 amide bonds. The minimum absolute atomic E-state index is 0.329. The number of benzene rings is 2. The summed E-state index contributed by atoms with van der Waals surface area (Å²) in [5, 5.41) is 2.64. The first kappa shape index (κ1) is 16.0. The van der Waals surface area contributed by atoms with Gasteiger partial charge in [-0.05, 0) is 29.8 Å². The standard InChI is InChI=1S/C17H14BrNO3/c18-14-7-4-8-15(11-14)19-16(20)12-22-17(21)10-9-13-5-2-1-3-6-13/h1-11H,12H2,(H,19,20). The van der Waals surface area contributed by atoms with Gasteiger partial charge in [0.25, 0.3) is 5.91 Å². The second kappa shape index (κ2) is 8.14. The third-order valence-electron chi connectivity index (χ3n) is 2.67. The van der Waals surface area contributed by atoms with Gasteiger partial charge in [-0.2, -0.15) is 0 Å². The van der Waals surface area contributed by atoms with E-state index in [-0.39, 0.29) is 12.5 Å². The van der Waals surface area contributed by atoms with Crippen molar-refractivity contribution in [2.75, 3.05) is 11.9 Å². The first-order valence-electron chi connectivity index (χ1n) is 6.59. The first-order valence-corrected chi connectivity index (χ1v) is 7.38. The number of carbonyl (C=O) groups is 2. The molecule has 0 aliphatic heterocycles. The van der Waals surface area contributed by atoms with Crippen molar-refractivity contribution in [3.8, 4) is 0 Å². The van der Waals surface area contributed by atoms with E-state index in [1.165, 1.54) is 6.08 Å². The zero-order chi connectivity index (χ0) is 15.8. The number of amides is 1. The molecule has 0 radical (unpaired) electrons. The lowest BCUT2D eigenvalue weighted by Gasteiger charge is -2.05. The zero-order valence-corrected chi connectivity index (χ0v) is 13.2. The molecule has 0 fully saturated rings. The molecule has 4 nitrogen and oxygen atoms in total. The molecule has 0 heterocycles. The van der Waals surface area contributed by atoms with Crippen LogP contribution in [-0.4, -0.2) is 18.5 Å². The molecule has 0 aromatic heterocycles. The molecule has 2 rings (SSSR count). The highest BCUT2D eigenvalue weighted by Gasteiger charge is 2.05. The highest BCUT2D eigenvalue weighted by Crippen LogP contribution is 2.15. The van der Waals surface area contributed by atoms with Gasteiger partial charge in [-0.3, -0.25) is 4.79 Å². The molecule has 1 N–H and O–H groups in total. The molecule has 0 saturated carbocycles. The average Bonchev–Trinajstić information content (AvgIpc) is 2.52. The molecule has 0 aliphatic carbocycles. The van der Waals surface area contributed by atoms with Crippen LogP contribution in [0.2, 0.25) is 0 Å². The molecule has 0 unspecified atom stereocenters. The van der Waals surface area contributed by atoms with Crippen LogP contribution in [0.3, 0.4) is 0 Å². The summed E-state index contributed by atoms with van der Waals surface area (Å²) >= 11 is 3.31. The monoisotopic (exact) mass is 359 g/mol. The molecule has 112 valence electrons. The van der Waals surface area contributed by atoms with E-state index in [2.05, 4.69) is 21.2 Å². The van der Waals surface area contributed by atoms with Crippen molar-refractivity contribution < 1.29 is 14.3 Å². The van der Waals surface area contributed by atoms with Crippen LogP contribution in [0.1, 0.15) is 5.56 Å². The van der Waals surface area contributed by atoms with Crippen LogP contribution >= 0.6 is 15.9 Å². The average molecular weight is 360 g/mol. The molecular weight excluding hydrogens is 346 g/mol. The third kappa shape index (κ3) is 5.54. The minimum atomic E-state index is -0.562. The largest absolute Gasteiger partial charge is 0.452 e. The highest BCUT2D eigenvalue weighted by molar-refractivity contribution is 9.10. The number of esters is 1. The number of ether oxygens (including phenoxy) is 1. The normalized spacial score (nSPS) is 10.4. The van der Waals surface area contributed by atoms with Crippen molar-refractivity contribution in [1.82, 2.24) is 0 Å². The fraction of sp³-hybridized carbons (Fsp3) is 0.0588. The van der Waals surface area contributed by atoms with Gasteiger partial charge >= 0.3 is 5.97 Å². The smallest absolute Gasteiger partial charge is 0.331 e. The molecule has 0 atom stereocenters. The van der Waals surface area contributed by atoms with Crippen LogP contribution in [0.15, 0.2) is 65.1 Å². The Morgan fingerprint density at radius 2 is 1.86 bits per heavy atom. The summed E-state index contributed by atoms with van der Waals surface area (Å²) < 4.78 is 5.73. The maximum atomic E-state index is 11.7. The fourth-order valence-corrected chi connectivity index (χ4v) is 2.08. The maximum Gasteiger partial charge on any atom is 0.331 e. The van der Waals surface area contributed by atoms with Gasteiger partial charge < -0.3 is 10.1 Å². The zero-order valence-electron chi connectivity index (χ0n) is 11.7. The number of carbonyl (C=O) groups excluding carboxylic acids is 2.